The summed E-state index contributed by atoms with van der Waals surface area (Å²) in [6.07, 6.45) is -2.70. The van der Waals surface area contributed by atoms with Gasteiger partial charge in [-0.15, -0.1) is 0 Å². The van der Waals surface area contributed by atoms with Crippen LogP contribution in [0.5, 0.6) is 17.2 Å². The third-order valence-electron chi connectivity index (χ3n) is 2.91. The molecule has 2 rings (SSSR count). The minimum atomic E-state index is -3.23. The first kappa shape index (κ1) is 16.7. The number of aliphatic carboxylic acids is 1. The third kappa shape index (κ3) is 5.94. The van der Waals surface area contributed by atoms with Crippen molar-refractivity contribution in [3.8, 4) is 17.2 Å². The van der Waals surface area contributed by atoms with Crippen molar-refractivity contribution in [3.63, 3.8) is 0 Å². The highest BCUT2D eigenvalue weighted by Gasteiger charge is 2.22. The van der Waals surface area contributed by atoms with Gasteiger partial charge >= 0.3 is 12.1 Å². The maximum atomic E-state index is 12.7. The maximum Gasteiger partial charge on any atom is 0.394 e. The largest absolute Gasteiger partial charge is 0.481 e. The molecule has 0 amide bonds. The summed E-state index contributed by atoms with van der Waals surface area (Å²) in [5.74, 6) is 0.257. The Morgan fingerprint density at radius 2 is 1.48 bits per heavy atom. The summed E-state index contributed by atoms with van der Waals surface area (Å²) in [7, 11) is 0. The highest BCUT2D eigenvalue weighted by molar-refractivity contribution is 5.67. The van der Waals surface area contributed by atoms with Gasteiger partial charge in [0, 0.05) is 13.3 Å². The van der Waals surface area contributed by atoms with Gasteiger partial charge in [0.25, 0.3) is 0 Å². The van der Waals surface area contributed by atoms with Crippen LogP contribution in [0.2, 0.25) is 0 Å². The van der Waals surface area contributed by atoms with Crippen LogP contribution >= 0.6 is 0 Å². The van der Waals surface area contributed by atoms with E-state index in [9.17, 15) is 13.6 Å². The van der Waals surface area contributed by atoms with Gasteiger partial charge in [-0.25, -0.2) is 0 Å². The molecule has 0 bridgehead atoms. The summed E-state index contributed by atoms with van der Waals surface area (Å²) >= 11 is 0. The van der Waals surface area contributed by atoms with Crippen LogP contribution in [-0.4, -0.2) is 17.2 Å². The molecule has 0 aromatic heterocycles. The van der Waals surface area contributed by atoms with Crippen molar-refractivity contribution in [2.75, 3.05) is 0 Å². The Labute approximate surface area is 132 Å². The standard InChI is InChI=1S/C17H16F2O4/c1-17(18,19)23-15-9-7-14(8-10-15)22-13-5-2-12(3-6-13)4-11-16(20)21/h2-3,5-10H,4,11H2,1H3,(H,20,21). The van der Waals surface area contributed by atoms with Crippen molar-refractivity contribution in [1.82, 2.24) is 0 Å². The molecule has 0 radical (unpaired) electrons. The molecule has 122 valence electrons. The summed E-state index contributed by atoms with van der Waals surface area (Å²) in [6.45, 7) is 0.670. The van der Waals surface area contributed by atoms with Gasteiger partial charge < -0.3 is 14.6 Å². The molecule has 0 aliphatic rings. The number of hydrogen-bond donors (Lipinski definition) is 1. The minimum Gasteiger partial charge on any atom is -0.481 e. The van der Waals surface area contributed by atoms with Gasteiger partial charge in [-0.2, -0.15) is 8.78 Å². The van der Waals surface area contributed by atoms with Gasteiger partial charge in [-0.3, -0.25) is 4.79 Å². The van der Waals surface area contributed by atoms with Crippen LogP contribution in [0.3, 0.4) is 0 Å². The van der Waals surface area contributed by atoms with E-state index in [1.54, 1.807) is 24.3 Å². The van der Waals surface area contributed by atoms with E-state index in [0.29, 0.717) is 24.8 Å². The molecule has 0 aliphatic carbocycles. The molecule has 23 heavy (non-hydrogen) atoms. The van der Waals surface area contributed by atoms with Crippen LogP contribution in [0.1, 0.15) is 18.9 Å². The van der Waals surface area contributed by atoms with Crippen LogP contribution in [-0.2, 0) is 11.2 Å². The van der Waals surface area contributed by atoms with Crippen LogP contribution in [0, 0.1) is 0 Å². The topological polar surface area (TPSA) is 55.8 Å². The Bertz CT molecular complexity index is 646. The van der Waals surface area contributed by atoms with Crippen molar-refractivity contribution in [2.45, 2.75) is 25.9 Å². The molecule has 2 aromatic rings. The molecule has 0 spiro atoms. The van der Waals surface area contributed by atoms with Gasteiger partial charge in [-0.05, 0) is 48.4 Å². The Balaban J connectivity index is 1.95. The van der Waals surface area contributed by atoms with Gasteiger partial charge in [-0.1, -0.05) is 12.1 Å². The maximum absolute atomic E-state index is 12.7. The second kappa shape index (κ2) is 7.09. The van der Waals surface area contributed by atoms with Gasteiger partial charge in [0.1, 0.15) is 17.2 Å². The first-order chi connectivity index (χ1) is 10.8. The monoisotopic (exact) mass is 322 g/mol. The number of carbonyl (C=O) groups is 1. The van der Waals surface area contributed by atoms with Crippen molar-refractivity contribution in [2.24, 2.45) is 0 Å². The van der Waals surface area contributed by atoms with E-state index in [2.05, 4.69) is 4.74 Å². The zero-order chi connectivity index (χ0) is 16.9. The predicted octanol–water partition coefficient (Wildman–Crippen LogP) is 4.49. The molecule has 0 aliphatic heterocycles. The molecular formula is C17H16F2O4. The number of carboxylic acids is 1. The molecule has 4 nitrogen and oxygen atoms in total. The van der Waals surface area contributed by atoms with Crippen LogP contribution in [0.25, 0.3) is 0 Å². The fourth-order valence-corrected chi connectivity index (χ4v) is 1.89. The van der Waals surface area contributed by atoms with Gasteiger partial charge in [0.05, 0.1) is 0 Å². The smallest absolute Gasteiger partial charge is 0.394 e. The van der Waals surface area contributed by atoms with Crippen LogP contribution < -0.4 is 9.47 Å². The molecule has 0 fully saturated rings. The normalized spacial score (nSPS) is 11.1. The van der Waals surface area contributed by atoms with E-state index < -0.39 is 12.1 Å². The average Bonchev–Trinajstić information content (AvgIpc) is 2.47. The van der Waals surface area contributed by atoms with E-state index in [1.807, 2.05) is 0 Å². The number of aryl methyl sites for hydroxylation is 1. The molecular weight excluding hydrogens is 306 g/mol. The van der Waals surface area contributed by atoms with Crippen molar-refractivity contribution in [1.29, 1.82) is 0 Å². The summed E-state index contributed by atoms with van der Waals surface area (Å²) < 4.78 is 35.4. The van der Waals surface area contributed by atoms with Crippen LogP contribution in [0.15, 0.2) is 48.5 Å². The Kier molecular flexibility index (Phi) is 5.16. The highest BCUT2D eigenvalue weighted by Crippen LogP contribution is 2.26. The minimum absolute atomic E-state index is 0.0499. The van der Waals surface area contributed by atoms with Crippen molar-refractivity contribution >= 4 is 5.97 Å². The molecule has 2 aromatic carbocycles. The first-order valence-electron chi connectivity index (χ1n) is 6.97. The number of benzene rings is 2. The Morgan fingerprint density at radius 3 is 1.96 bits per heavy atom. The molecule has 0 atom stereocenters. The lowest BCUT2D eigenvalue weighted by Gasteiger charge is -2.13. The molecule has 0 saturated heterocycles. The number of carboxylic acid groups (broad SMARTS) is 1. The summed E-state index contributed by atoms with van der Waals surface area (Å²) in [4.78, 5) is 10.5. The molecule has 0 saturated carbocycles. The van der Waals surface area contributed by atoms with Crippen molar-refractivity contribution < 1.29 is 28.2 Å². The second-order valence-corrected chi connectivity index (χ2v) is 5.02. The van der Waals surface area contributed by atoms with E-state index >= 15 is 0 Å². The number of alkyl halides is 2. The molecule has 0 heterocycles. The SMILES string of the molecule is CC(F)(F)Oc1ccc(Oc2ccc(CCC(=O)O)cc2)cc1. The second-order valence-electron chi connectivity index (χ2n) is 5.02. The first-order valence-corrected chi connectivity index (χ1v) is 6.97. The number of hydrogen-bond acceptors (Lipinski definition) is 3. The third-order valence-corrected chi connectivity index (χ3v) is 2.91. The van der Waals surface area contributed by atoms with Gasteiger partial charge in [0.2, 0.25) is 0 Å². The van der Waals surface area contributed by atoms with E-state index in [0.717, 1.165) is 5.56 Å². The fourth-order valence-electron chi connectivity index (χ4n) is 1.89. The van der Waals surface area contributed by atoms with Crippen LogP contribution in [0.4, 0.5) is 8.78 Å². The summed E-state index contributed by atoms with van der Waals surface area (Å²) in [5.41, 5.74) is 0.897. The Morgan fingerprint density at radius 1 is 1.00 bits per heavy atom. The Hall–Kier alpha value is -2.63. The van der Waals surface area contributed by atoms with E-state index in [4.69, 9.17) is 9.84 Å². The molecule has 0 unspecified atom stereocenters. The van der Waals surface area contributed by atoms with Crippen molar-refractivity contribution in [3.05, 3.63) is 54.1 Å². The summed E-state index contributed by atoms with van der Waals surface area (Å²) in [5, 5.41) is 8.64. The zero-order valence-corrected chi connectivity index (χ0v) is 12.5. The average molecular weight is 322 g/mol. The fraction of sp³-hybridized carbons (Fsp3) is 0.235. The number of ether oxygens (including phenoxy) is 2. The molecule has 1 N–H and O–H groups in total. The lowest BCUT2D eigenvalue weighted by Crippen LogP contribution is -2.18. The number of halogens is 2. The highest BCUT2D eigenvalue weighted by atomic mass is 19.3. The predicted molar refractivity (Wildman–Crippen MR) is 80.2 cm³/mol. The zero-order valence-electron chi connectivity index (χ0n) is 12.5. The van der Waals surface area contributed by atoms with E-state index in [1.165, 1.54) is 24.3 Å². The van der Waals surface area contributed by atoms with Gasteiger partial charge in [0.15, 0.2) is 0 Å². The van der Waals surface area contributed by atoms with E-state index in [-0.39, 0.29) is 12.2 Å². The molecule has 6 heteroatoms. The lowest BCUT2D eigenvalue weighted by molar-refractivity contribution is -0.159. The summed E-state index contributed by atoms with van der Waals surface area (Å²) in [6, 6.07) is 12.9. The number of rotatable bonds is 7. The lowest BCUT2D eigenvalue weighted by atomic mass is 10.1. The quantitative estimate of drug-likeness (QED) is 0.816.